The summed E-state index contributed by atoms with van der Waals surface area (Å²) in [5, 5.41) is 5.47. The lowest BCUT2D eigenvalue weighted by Crippen LogP contribution is -2.43. The van der Waals surface area contributed by atoms with Crippen molar-refractivity contribution in [1.82, 2.24) is 4.31 Å². The molecule has 1 fully saturated rings. The number of halogens is 1. The first-order valence-corrected chi connectivity index (χ1v) is 11.7. The standard InChI is InChI=1S/C20H20BrN3O5S/c21-14-4-1-5-15(9-14)22-20(26)13-3-2-8-24(11-13)30(27,28)16-6-7-18-17(10-16)23-19(25)12-29-18/h1,4-7,9-10,13H,2-3,8,11-12H2,(H,22,26)(H,23,25). The molecular formula is C20H20BrN3O5S. The summed E-state index contributed by atoms with van der Waals surface area (Å²) in [7, 11) is -3.82. The normalized spacial score (nSPS) is 19.4. The molecule has 0 spiro atoms. The summed E-state index contributed by atoms with van der Waals surface area (Å²) in [5.41, 5.74) is 0.980. The number of piperidine rings is 1. The van der Waals surface area contributed by atoms with E-state index in [1.54, 1.807) is 12.1 Å². The van der Waals surface area contributed by atoms with Crippen LogP contribution in [0.4, 0.5) is 11.4 Å². The Morgan fingerprint density at radius 3 is 2.87 bits per heavy atom. The molecule has 0 bridgehead atoms. The van der Waals surface area contributed by atoms with Crippen LogP contribution in [0.1, 0.15) is 12.8 Å². The second kappa shape index (κ2) is 8.37. The zero-order chi connectivity index (χ0) is 21.3. The van der Waals surface area contributed by atoms with Crippen LogP contribution < -0.4 is 15.4 Å². The van der Waals surface area contributed by atoms with Gasteiger partial charge < -0.3 is 15.4 Å². The largest absolute Gasteiger partial charge is 0.482 e. The molecule has 1 atom stereocenters. The van der Waals surface area contributed by atoms with E-state index >= 15 is 0 Å². The average Bonchev–Trinajstić information content (AvgIpc) is 2.73. The zero-order valence-electron chi connectivity index (χ0n) is 15.9. The lowest BCUT2D eigenvalue weighted by Gasteiger charge is -2.31. The Labute approximate surface area is 182 Å². The number of anilines is 2. The molecule has 8 nitrogen and oxygen atoms in total. The molecule has 158 valence electrons. The number of hydrogen-bond acceptors (Lipinski definition) is 5. The third-order valence-corrected chi connectivity index (χ3v) is 7.42. The number of nitrogens with one attached hydrogen (secondary N) is 2. The maximum absolute atomic E-state index is 13.2. The Morgan fingerprint density at radius 2 is 2.07 bits per heavy atom. The van der Waals surface area contributed by atoms with Crippen molar-refractivity contribution < 1.29 is 22.7 Å². The topological polar surface area (TPSA) is 105 Å². The van der Waals surface area contributed by atoms with Gasteiger partial charge in [-0.25, -0.2) is 8.42 Å². The molecule has 0 radical (unpaired) electrons. The average molecular weight is 494 g/mol. The zero-order valence-corrected chi connectivity index (χ0v) is 18.3. The summed E-state index contributed by atoms with van der Waals surface area (Å²) in [5.74, 6) is -0.565. The molecule has 2 aliphatic heterocycles. The highest BCUT2D eigenvalue weighted by Crippen LogP contribution is 2.32. The Morgan fingerprint density at radius 1 is 1.23 bits per heavy atom. The highest BCUT2D eigenvalue weighted by molar-refractivity contribution is 9.10. The number of benzene rings is 2. The molecule has 4 rings (SSSR count). The van der Waals surface area contributed by atoms with Gasteiger partial charge in [0.05, 0.1) is 16.5 Å². The van der Waals surface area contributed by atoms with Crippen LogP contribution >= 0.6 is 15.9 Å². The third-order valence-electron chi connectivity index (χ3n) is 5.07. The maximum Gasteiger partial charge on any atom is 0.262 e. The summed E-state index contributed by atoms with van der Waals surface area (Å²) in [6.45, 7) is 0.338. The van der Waals surface area contributed by atoms with Crippen molar-refractivity contribution in [2.24, 2.45) is 5.92 Å². The third kappa shape index (κ3) is 4.35. The lowest BCUT2D eigenvalue weighted by atomic mass is 9.99. The van der Waals surface area contributed by atoms with E-state index in [1.165, 1.54) is 22.5 Å². The van der Waals surface area contributed by atoms with Gasteiger partial charge in [-0.3, -0.25) is 9.59 Å². The van der Waals surface area contributed by atoms with Crippen LogP contribution in [0.15, 0.2) is 51.8 Å². The van der Waals surface area contributed by atoms with Crippen LogP contribution in [0, 0.1) is 5.92 Å². The minimum atomic E-state index is -3.82. The van der Waals surface area contributed by atoms with Gasteiger partial charge in [-0.05, 0) is 49.2 Å². The number of hydrogen-bond donors (Lipinski definition) is 2. The van der Waals surface area contributed by atoms with Crippen molar-refractivity contribution in [3.8, 4) is 5.75 Å². The highest BCUT2D eigenvalue weighted by Gasteiger charge is 2.34. The Bertz CT molecular complexity index is 1110. The van der Waals surface area contributed by atoms with Gasteiger partial charge in [-0.15, -0.1) is 0 Å². The van der Waals surface area contributed by atoms with Gasteiger partial charge >= 0.3 is 0 Å². The number of nitrogens with zero attached hydrogens (tertiary/aromatic N) is 1. The summed E-state index contributed by atoms with van der Waals surface area (Å²) in [6, 6.07) is 11.6. The van der Waals surface area contributed by atoms with Gasteiger partial charge in [-0.1, -0.05) is 22.0 Å². The number of ether oxygens (including phenoxy) is 1. The summed E-state index contributed by atoms with van der Waals surface area (Å²) < 4.78 is 33.8. The van der Waals surface area contributed by atoms with E-state index in [4.69, 9.17) is 4.74 Å². The number of rotatable bonds is 4. The van der Waals surface area contributed by atoms with E-state index in [0.29, 0.717) is 36.5 Å². The Balaban J connectivity index is 1.50. The number of amides is 2. The number of carbonyl (C=O) groups is 2. The molecule has 10 heteroatoms. The molecular weight excluding hydrogens is 474 g/mol. The fourth-order valence-electron chi connectivity index (χ4n) is 3.56. The fourth-order valence-corrected chi connectivity index (χ4v) is 5.51. The van der Waals surface area contributed by atoms with Crippen molar-refractivity contribution in [2.75, 3.05) is 30.3 Å². The van der Waals surface area contributed by atoms with Gasteiger partial charge in [0.15, 0.2) is 6.61 Å². The van der Waals surface area contributed by atoms with Crippen LogP contribution in [0.3, 0.4) is 0 Å². The monoisotopic (exact) mass is 493 g/mol. The fraction of sp³-hybridized carbons (Fsp3) is 0.300. The van der Waals surface area contributed by atoms with Crippen molar-refractivity contribution in [3.63, 3.8) is 0 Å². The minimum absolute atomic E-state index is 0.0556. The second-order valence-corrected chi connectivity index (χ2v) is 10.1. The first kappa shape index (κ1) is 20.8. The van der Waals surface area contributed by atoms with Crippen molar-refractivity contribution in [3.05, 3.63) is 46.9 Å². The van der Waals surface area contributed by atoms with Crippen molar-refractivity contribution >= 4 is 49.1 Å². The molecule has 0 saturated carbocycles. The smallest absolute Gasteiger partial charge is 0.262 e. The molecule has 2 heterocycles. The lowest BCUT2D eigenvalue weighted by molar-refractivity contribution is -0.121. The van der Waals surface area contributed by atoms with E-state index in [1.807, 2.05) is 12.1 Å². The molecule has 1 unspecified atom stereocenters. The van der Waals surface area contributed by atoms with Gasteiger partial charge in [-0.2, -0.15) is 4.31 Å². The Hall–Kier alpha value is -2.43. The molecule has 0 aromatic heterocycles. The first-order valence-electron chi connectivity index (χ1n) is 9.46. The van der Waals surface area contributed by atoms with Crippen molar-refractivity contribution in [1.29, 1.82) is 0 Å². The van der Waals surface area contributed by atoms with Crippen LogP contribution in [0.5, 0.6) is 5.75 Å². The molecule has 1 saturated heterocycles. The first-order chi connectivity index (χ1) is 14.3. The van der Waals surface area contributed by atoms with Crippen LogP contribution in [-0.4, -0.2) is 44.2 Å². The summed E-state index contributed by atoms with van der Waals surface area (Å²) >= 11 is 3.37. The van der Waals surface area contributed by atoms with E-state index < -0.39 is 15.9 Å². The van der Waals surface area contributed by atoms with E-state index in [-0.39, 0.29) is 29.9 Å². The van der Waals surface area contributed by atoms with E-state index in [2.05, 4.69) is 26.6 Å². The van der Waals surface area contributed by atoms with Gasteiger partial charge in [0.2, 0.25) is 15.9 Å². The molecule has 2 aromatic carbocycles. The van der Waals surface area contributed by atoms with Gasteiger partial charge in [0.1, 0.15) is 5.75 Å². The molecule has 30 heavy (non-hydrogen) atoms. The number of carbonyl (C=O) groups excluding carboxylic acids is 2. The highest BCUT2D eigenvalue weighted by atomic mass is 79.9. The van der Waals surface area contributed by atoms with Gasteiger partial charge in [0, 0.05) is 23.2 Å². The SMILES string of the molecule is O=C1COc2ccc(S(=O)(=O)N3CCCC(C(=O)Nc4cccc(Br)c4)C3)cc2N1. The second-order valence-electron chi connectivity index (χ2n) is 7.20. The molecule has 2 aromatic rings. The number of fused-ring (bicyclic) bond motifs is 1. The predicted molar refractivity (Wildman–Crippen MR) is 115 cm³/mol. The maximum atomic E-state index is 13.2. The van der Waals surface area contributed by atoms with E-state index in [0.717, 1.165) is 4.47 Å². The molecule has 2 aliphatic rings. The molecule has 2 amide bonds. The summed E-state index contributed by atoms with van der Waals surface area (Å²) in [4.78, 5) is 24.3. The minimum Gasteiger partial charge on any atom is -0.482 e. The molecule has 2 N–H and O–H groups in total. The van der Waals surface area contributed by atoms with Crippen LogP contribution in [0.25, 0.3) is 0 Å². The molecule has 0 aliphatic carbocycles. The predicted octanol–water partition coefficient (Wildman–Crippen LogP) is 2.82. The number of sulfonamides is 1. The quantitative estimate of drug-likeness (QED) is 0.681. The Kier molecular flexibility index (Phi) is 5.81. The summed E-state index contributed by atoms with van der Waals surface area (Å²) in [6.07, 6.45) is 1.19. The van der Waals surface area contributed by atoms with Gasteiger partial charge in [0.25, 0.3) is 5.91 Å². The van der Waals surface area contributed by atoms with Crippen LogP contribution in [0.2, 0.25) is 0 Å². The van der Waals surface area contributed by atoms with Crippen LogP contribution in [-0.2, 0) is 19.6 Å². The van der Waals surface area contributed by atoms with Crippen molar-refractivity contribution in [2.45, 2.75) is 17.7 Å². The van der Waals surface area contributed by atoms with E-state index in [9.17, 15) is 18.0 Å².